The molecule has 1 rings (SSSR count). The Hall–Kier alpha value is -0.650. The van der Waals surface area contributed by atoms with Gasteiger partial charge in [-0.25, -0.2) is 0 Å². The number of aliphatic hydroxyl groups is 1. The summed E-state index contributed by atoms with van der Waals surface area (Å²) in [5, 5.41) is 11.9. The average molecular weight is 285 g/mol. The highest BCUT2D eigenvalue weighted by Gasteiger charge is 2.17. The fourth-order valence-electron chi connectivity index (χ4n) is 2.53. The molecule has 5 heteroatoms. The third-order valence-electron chi connectivity index (χ3n) is 3.85. The van der Waals surface area contributed by atoms with E-state index in [-0.39, 0.29) is 12.5 Å². The molecule has 0 aromatic carbocycles. The number of unbranched alkanes of at least 4 members (excludes halogenated alkanes) is 4. The summed E-state index contributed by atoms with van der Waals surface area (Å²) in [7, 11) is 0. The number of aliphatic hydroxyl groups excluding tert-OH is 1. The number of nitrogens with one attached hydrogen (secondary N) is 1. The summed E-state index contributed by atoms with van der Waals surface area (Å²) in [5.41, 5.74) is 0. The molecule has 1 aliphatic heterocycles. The van der Waals surface area contributed by atoms with E-state index in [0.29, 0.717) is 6.54 Å². The van der Waals surface area contributed by atoms with E-state index in [1.165, 1.54) is 25.7 Å². The minimum absolute atomic E-state index is 0.149. The summed E-state index contributed by atoms with van der Waals surface area (Å²) in [6.07, 6.45) is 6.14. The number of β-amino-alcohol motifs (C(OH)–C–C–N with tert-alkyl or cyclic N) is 1. The second kappa shape index (κ2) is 11.1. The molecular weight excluding hydrogens is 254 g/mol. The molecule has 0 bridgehead atoms. The largest absolute Gasteiger partial charge is 0.395 e. The Morgan fingerprint density at radius 2 is 1.70 bits per heavy atom. The highest BCUT2D eigenvalue weighted by molar-refractivity contribution is 5.77. The number of carbonyl (C=O) groups is 1. The number of hydrogen-bond acceptors (Lipinski definition) is 4. The lowest BCUT2D eigenvalue weighted by atomic mass is 10.1. The van der Waals surface area contributed by atoms with Crippen LogP contribution < -0.4 is 5.32 Å². The van der Waals surface area contributed by atoms with Crippen molar-refractivity contribution in [2.45, 2.75) is 39.0 Å². The molecule has 1 heterocycles. The second-order valence-corrected chi connectivity index (χ2v) is 5.61. The Morgan fingerprint density at radius 3 is 2.35 bits per heavy atom. The van der Waals surface area contributed by atoms with E-state index in [0.717, 1.165) is 45.7 Å². The molecule has 0 saturated carbocycles. The third-order valence-corrected chi connectivity index (χ3v) is 3.85. The smallest absolute Gasteiger partial charge is 0.234 e. The minimum Gasteiger partial charge on any atom is -0.395 e. The van der Waals surface area contributed by atoms with Crippen LogP contribution in [0, 0.1) is 0 Å². The minimum atomic E-state index is 0.149. The predicted molar refractivity (Wildman–Crippen MR) is 81.7 cm³/mol. The van der Waals surface area contributed by atoms with Crippen molar-refractivity contribution in [1.29, 1.82) is 0 Å². The standard InChI is InChI=1S/C15H31N3O2/c1-2-3-4-5-6-7-16-15(20)14-18-10-8-17(9-11-18)12-13-19/h19H,2-14H2,1H3,(H,16,20). The molecule has 0 aliphatic carbocycles. The molecule has 0 unspecified atom stereocenters. The van der Waals surface area contributed by atoms with Crippen LogP contribution in [0.2, 0.25) is 0 Å². The lowest BCUT2D eigenvalue weighted by Gasteiger charge is -2.33. The third kappa shape index (κ3) is 7.82. The zero-order valence-electron chi connectivity index (χ0n) is 12.9. The molecule has 5 nitrogen and oxygen atoms in total. The first-order valence-electron chi connectivity index (χ1n) is 8.08. The van der Waals surface area contributed by atoms with Crippen molar-refractivity contribution in [3.05, 3.63) is 0 Å². The van der Waals surface area contributed by atoms with Crippen LogP contribution in [0.4, 0.5) is 0 Å². The lowest BCUT2D eigenvalue weighted by molar-refractivity contribution is -0.122. The van der Waals surface area contributed by atoms with Gasteiger partial charge >= 0.3 is 0 Å². The van der Waals surface area contributed by atoms with E-state index in [2.05, 4.69) is 22.0 Å². The van der Waals surface area contributed by atoms with Crippen molar-refractivity contribution >= 4 is 5.91 Å². The van der Waals surface area contributed by atoms with Crippen molar-refractivity contribution in [3.63, 3.8) is 0 Å². The SMILES string of the molecule is CCCCCCCNC(=O)CN1CCN(CCO)CC1. The van der Waals surface area contributed by atoms with Crippen LogP contribution in [0.1, 0.15) is 39.0 Å². The second-order valence-electron chi connectivity index (χ2n) is 5.61. The van der Waals surface area contributed by atoms with E-state index < -0.39 is 0 Å². The fourth-order valence-corrected chi connectivity index (χ4v) is 2.53. The van der Waals surface area contributed by atoms with Crippen molar-refractivity contribution in [1.82, 2.24) is 15.1 Å². The van der Waals surface area contributed by atoms with Crippen LogP contribution in [-0.2, 0) is 4.79 Å². The molecule has 0 aromatic rings. The van der Waals surface area contributed by atoms with Crippen LogP contribution in [-0.4, -0.2) is 73.2 Å². The van der Waals surface area contributed by atoms with E-state index in [1.54, 1.807) is 0 Å². The van der Waals surface area contributed by atoms with Gasteiger partial charge in [0.2, 0.25) is 5.91 Å². The van der Waals surface area contributed by atoms with Crippen LogP contribution >= 0.6 is 0 Å². The van der Waals surface area contributed by atoms with Crippen molar-refractivity contribution < 1.29 is 9.90 Å². The summed E-state index contributed by atoms with van der Waals surface area (Å²) in [5.74, 6) is 0.149. The van der Waals surface area contributed by atoms with Crippen molar-refractivity contribution in [3.8, 4) is 0 Å². The Kier molecular flexibility index (Phi) is 9.62. The lowest BCUT2D eigenvalue weighted by Crippen LogP contribution is -2.50. The topological polar surface area (TPSA) is 55.8 Å². The number of nitrogens with zero attached hydrogens (tertiary/aromatic N) is 2. The fraction of sp³-hybridized carbons (Fsp3) is 0.933. The molecule has 0 atom stereocenters. The van der Waals surface area contributed by atoms with Gasteiger partial charge in [0.25, 0.3) is 0 Å². The number of piperazine rings is 1. The first kappa shape index (κ1) is 17.4. The molecule has 20 heavy (non-hydrogen) atoms. The van der Waals surface area contributed by atoms with Gasteiger partial charge in [-0.05, 0) is 6.42 Å². The van der Waals surface area contributed by atoms with Crippen LogP contribution in [0.15, 0.2) is 0 Å². The maximum Gasteiger partial charge on any atom is 0.234 e. The molecule has 1 amide bonds. The quantitative estimate of drug-likeness (QED) is 0.580. The van der Waals surface area contributed by atoms with Gasteiger partial charge in [-0.1, -0.05) is 32.6 Å². The van der Waals surface area contributed by atoms with E-state index >= 15 is 0 Å². The molecule has 0 aromatic heterocycles. The Balaban J connectivity index is 2.00. The summed E-state index contributed by atoms with van der Waals surface area (Å²) >= 11 is 0. The molecule has 0 spiro atoms. The van der Waals surface area contributed by atoms with Gasteiger partial charge in [0, 0.05) is 39.3 Å². The van der Waals surface area contributed by atoms with Gasteiger partial charge in [-0.3, -0.25) is 14.6 Å². The average Bonchev–Trinajstić information content (AvgIpc) is 2.45. The summed E-state index contributed by atoms with van der Waals surface area (Å²) in [4.78, 5) is 16.2. The first-order valence-corrected chi connectivity index (χ1v) is 8.08. The molecule has 1 aliphatic rings. The summed E-state index contributed by atoms with van der Waals surface area (Å²) < 4.78 is 0. The molecule has 1 fully saturated rings. The summed E-state index contributed by atoms with van der Waals surface area (Å²) in [6, 6.07) is 0. The molecule has 118 valence electrons. The monoisotopic (exact) mass is 285 g/mol. The zero-order chi connectivity index (χ0) is 14.6. The summed E-state index contributed by atoms with van der Waals surface area (Å²) in [6.45, 7) is 8.25. The molecular formula is C15H31N3O2. The number of carbonyl (C=O) groups excluding carboxylic acids is 1. The number of amides is 1. The maximum atomic E-state index is 11.8. The predicted octanol–water partition coefficient (Wildman–Crippen LogP) is 0.683. The van der Waals surface area contributed by atoms with Gasteiger partial charge in [-0.2, -0.15) is 0 Å². The van der Waals surface area contributed by atoms with E-state index in [4.69, 9.17) is 5.11 Å². The van der Waals surface area contributed by atoms with E-state index in [1.807, 2.05) is 0 Å². The highest BCUT2D eigenvalue weighted by Crippen LogP contribution is 2.02. The van der Waals surface area contributed by atoms with Gasteiger partial charge in [0.05, 0.1) is 13.2 Å². The van der Waals surface area contributed by atoms with Gasteiger partial charge in [-0.15, -0.1) is 0 Å². The Labute approximate surface area is 123 Å². The first-order chi connectivity index (χ1) is 9.76. The van der Waals surface area contributed by atoms with E-state index in [9.17, 15) is 4.79 Å². The normalized spacial score (nSPS) is 17.3. The van der Waals surface area contributed by atoms with Gasteiger partial charge in [0.15, 0.2) is 0 Å². The maximum absolute atomic E-state index is 11.8. The Morgan fingerprint density at radius 1 is 1.05 bits per heavy atom. The van der Waals surface area contributed by atoms with Crippen LogP contribution in [0.5, 0.6) is 0 Å². The van der Waals surface area contributed by atoms with Crippen LogP contribution in [0.3, 0.4) is 0 Å². The van der Waals surface area contributed by atoms with Gasteiger partial charge < -0.3 is 10.4 Å². The van der Waals surface area contributed by atoms with Crippen molar-refractivity contribution in [2.24, 2.45) is 0 Å². The van der Waals surface area contributed by atoms with Gasteiger partial charge in [0.1, 0.15) is 0 Å². The highest BCUT2D eigenvalue weighted by atomic mass is 16.3. The molecule has 0 radical (unpaired) electrons. The number of rotatable bonds is 10. The van der Waals surface area contributed by atoms with Crippen LogP contribution in [0.25, 0.3) is 0 Å². The van der Waals surface area contributed by atoms with Crippen molar-refractivity contribution in [2.75, 3.05) is 52.4 Å². The molecule has 1 saturated heterocycles. The number of hydrogen-bond donors (Lipinski definition) is 2. The molecule has 2 N–H and O–H groups in total. The Bertz CT molecular complexity index is 254. The zero-order valence-corrected chi connectivity index (χ0v) is 12.9.